The van der Waals surface area contributed by atoms with Gasteiger partial charge in [0, 0.05) is 12.1 Å². The molecule has 1 saturated heterocycles. The van der Waals surface area contributed by atoms with Crippen LogP contribution in [0.5, 0.6) is 0 Å². The molecule has 1 aliphatic heterocycles. The van der Waals surface area contributed by atoms with Crippen LogP contribution in [-0.2, 0) is 0 Å². The third-order valence-electron chi connectivity index (χ3n) is 3.24. The number of rotatable bonds is 1. The van der Waals surface area contributed by atoms with E-state index in [1.54, 1.807) is 6.07 Å². The van der Waals surface area contributed by atoms with Gasteiger partial charge in [-0.05, 0) is 32.8 Å². The van der Waals surface area contributed by atoms with Crippen LogP contribution in [0.25, 0.3) is 0 Å². The van der Waals surface area contributed by atoms with E-state index in [9.17, 15) is 4.79 Å². The first kappa shape index (κ1) is 12.2. The van der Waals surface area contributed by atoms with E-state index in [-0.39, 0.29) is 16.6 Å². The van der Waals surface area contributed by atoms with Crippen molar-refractivity contribution in [2.24, 2.45) is 0 Å². The number of amides is 1. The third kappa shape index (κ3) is 2.22. The van der Waals surface area contributed by atoms with Gasteiger partial charge < -0.3 is 10.6 Å². The van der Waals surface area contributed by atoms with Gasteiger partial charge in [-0.15, -0.1) is 0 Å². The summed E-state index contributed by atoms with van der Waals surface area (Å²) in [6, 6.07) is 1.59. The highest BCUT2D eigenvalue weighted by molar-refractivity contribution is 6.32. The van der Waals surface area contributed by atoms with Crippen molar-refractivity contribution < 1.29 is 4.79 Å². The maximum Gasteiger partial charge on any atom is 0.257 e. The molecule has 2 rings (SSSR count). The van der Waals surface area contributed by atoms with Gasteiger partial charge in [0.25, 0.3) is 5.91 Å². The Bertz CT molecular complexity index is 459. The second kappa shape index (κ2) is 4.18. The number of nitrogens with two attached hydrogens (primary N) is 1. The summed E-state index contributed by atoms with van der Waals surface area (Å²) < 4.78 is 0. The van der Waals surface area contributed by atoms with Crippen LogP contribution in [0.1, 0.15) is 37.0 Å². The Hall–Kier alpha value is -1.29. The molecule has 17 heavy (non-hydrogen) atoms. The summed E-state index contributed by atoms with van der Waals surface area (Å²) in [5, 5.41) is 0.215. The van der Waals surface area contributed by atoms with Crippen molar-refractivity contribution in [3.8, 4) is 0 Å². The number of nitrogen functional groups attached to an aromatic ring is 1. The Morgan fingerprint density at radius 1 is 1.59 bits per heavy atom. The molecule has 4 nitrogen and oxygen atoms in total. The van der Waals surface area contributed by atoms with Gasteiger partial charge in [0.1, 0.15) is 5.15 Å². The van der Waals surface area contributed by atoms with Crippen molar-refractivity contribution >= 4 is 23.2 Å². The zero-order valence-corrected chi connectivity index (χ0v) is 10.8. The molecule has 0 aliphatic carbocycles. The van der Waals surface area contributed by atoms with Crippen LogP contribution < -0.4 is 5.73 Å². The number of aromatic nitrogens is 1. The first-order valence-electron chi connectivity index (χ1n) is 5.65. The normalized spacial score (nSPS) is 18.4. The Labute approximate surface area is 106 Å². The van der Waals surface area contributed by atoms with Gasteiger partial charge in [-0.2, -0.15) is 0 Å². The second-order valence-electron chi connectivity index (χ2n) is 4.98. The van der Waals surface area contributed by atoms with Crippen molar-refractivity contribution in [2.75, 3.05) is 12.3 Å². The lowest BCUT2D eigenvalue weighted by Crippen LogP contribution is -2.42. The minimum absolute atomic E-state index is 0.0858. The molecule has 0 radical (unpaired) electrons. The fourth-order valence-corrected chi connectivity index (χ4v) is 2.43. The highest BCUT2D eigenvalue weighted by Crippen LogP contribution is 2.31. The van der Waals surface area contributed by atoms with Gasteiger partial charge in [-0.1, -0.05) is 11.6 Å². The van der Waals surface area contributed by atoms with E-state index in [4.69, 9.17) is 17.3 Å². The van der Waals surface area contributed by atoms with Crippen LogP contribution >= 0.6 is 11.6 Å². The first-order valence-corrected chi connectivity index (χ1v) is 6.02. The molecule has 0 unspecified atom stereocenters. The van der Waals surface area contributed by atoms with E-state index in [2.05, 4.69) is 18.8 Å². The molecular formula is C12H16ClN3O. The van der Waals surface area contributed by atoms with Gasteiger partial charge in [-0.3, -0.25) is 4.79 Å². The van der Waals surface area contributed by atoms with Crippen LogP contribution in [0.4, 0.5) is 5.69 Å². The highest BCUT2D eigenvalue weighted by atomic mass is 35.5. The van der Waals surface area contributed by atoms with Crippen molar-refractivity contribution in [3.05, 3.63) is 23.0 Å². The number of nitrogens with zero attached hydrogens (tertiary/aromatic N) is 2. The maximum atomic E-state index is 12.4. The predicted molar refractivity (Wildman–Crippen MR) is 68.0 cm³/mol. The standard InChI is InChI=1S/C12H16ClN3O/c1-12(2)4-3-5-16(12)11(17)9-6-8(14)7-15-10(9)13/h6-7H,3-5,14H2,1-2H3. The van der Waals surface area contributed by atoms with E-state index in [1.807, 2.05) is 4.90 Å². The fraction of sp³-hybridized carbons (Fsp3) is 0.500. The van der Waals surface area contributed by atoms with Crippen LogP contribution in [0.2, 0.25) is 5.15 Å². The molecule has 5 heteroatoms. The highest BCUT2D eigenvalue weighted by Gasteiger charge is 2.36. The number of pyridine rings is 1. The SMILES string of the molecule is CC1(C)CCCN1C(=O)c1cc(N)cnc1Cl. The van der Waals surface area contributed by atoms with Gasteiger partial charge in [0.15, 0.2) is 0 Å². The molecule has 1 fully saturated rings. The van der Waals surface area contributed by atoms with Crippen LogP contribution in [0, 0.1) is 0 Å². The van der Waals surface area contributed by atoms with E-state index in [0.29, 0.717) is 11.3 Å². The van der Waals surface area contributed by atoms with Gasteiger partial charge in [-0.25, -0.2) is 4.98 Å². The van der Waals surface area contributed by atoms with E-state index < -0.39 is 0 Å². The quantitative estimate of drug-likeness (QED) is 0.782. The topological polar surface area (TPSA) is 59.2 Å². The summed E-state index contributed by atoms with van der Waals surface area (Å²) in [6.07, 6.45) is 3.48. The molecule has 0 saturated carbocycles. The molecule has 1 aliphatic rings. The molecule has 92 valence electrons. The Morgan fingerprint density at radius 2 is 2.29 bits per heavy atom. The number of hydrogen-bond donors (Lipinski definition) is 1. The average molecular weight is 254 g/mol. The number of hydrogen-bond acceptors (Lipinski definition) is 3. The lowest BCUT2D eigenvalue weighted by atomic mass is 10.0. The maximum absolute atomic E-state index is 12.4. The lowest BCUT2D eigenvalue weighted by Gasteiger charge is -2.31. The van der Waals surface area contributed by atoms with Crippen molar-refractivity contribution in [1.29, 1.82) is 0 Å². The van der Waals surface area contributed by atoms with Gasteiger partial charge >= 0.3 is 0 Å². The van der Waals surface area contributed by atoms with Gasteiger partial charge in [0.2, 0.25) is 0 Å². The Kier molecular flexibility index (Phi) is 3.00. The minimum atomic E-state index is -0.120. The summed E-state index contributed by atoms with van der Waals surface area (Å²) in [7, 11) is 0. The number of carbonyl (C=O) groups excluding carboxylic acids is 1. The average Bonchev–Trinajstić information content (AvgIpc) is 2.61. The summed E-state index contributed by atoms with van der Waals surface area (Å²) in [6.45, 7) is 4.88. The fourth-order valence-electron chi connectivity index (χ4n) is 2.24. The largest absolute Gasteiger partial charge is 0.397 e. The molecular weight excluding hydrogens is 238 g/mol. The number of halogens is 1. The van der Waals surface area contributed by atoms with Crippen molar-refractivity contribution in [1.82, 2.24) is 9.88 Å². The zero-order chi connectivity index (χ0) is 12.6. The summed E-state index contributed by atoms with van der Waals surface area (Å²) in [5.41, 5.74) is 6.36. The molecule has 0 bridgehead atoms. The van der Waals surface area contributed by atoms with Crippen molar-refractivity contribution in [2.45, 2.75) is 32.2 Å². The monoisotopic (exact) mass is 253 g/mol. The second-order valence-corrected chi connectivity index (χ2v) is 5.34. The molecule has 1 aromatic rings. The molecule has 0 spiro atoms. The van der Waals surface area contributed by atoms with Crippen molar-refractivity contribution in [3.63, 3.8) is 0 Å². The first-order chi connectivity index (χ1) is 7.92. The van der Waals surface area contributed by atoms with E-state index >= 15 is 0 Å². The van der Waals surface area contributed by atoms with Crippen LogP contribution in [-0.4, -0.2) is 27.9 Å². The van der Waals surface area contributed by atoms with Gasteiger partial charge in [0.05, 0.1) is 17.4 Å². The number of anilines is 1. The molecule has 0 aromatic carbocycles. The third-order valence-corrected chi connectivity index (χ3v) is 3.54. The van der Waals surface area contributed by atoms with E-state index in [0.717, 1.165) is 19.4 Å². The summed E-state index contributed by atoms with van der Waals surface area (Å²) >= 11 is 5.95. The minimum Gasteiger partial charge on any atom is -0.397 e. The van der Waals surface area contributed by atoms with E-state index in [1.165, 1.54) is 6.20 Å². The number of likely N-dealkylation sites (tertiary alicyclic amines) is 1. The summed E-state index contributed by atoms with van der Waals surface area (Å²) in [4.78, 5) is 18.1. The smallest absolute Gasteiger partial charge is 0.257 e. The zero-order valence-electron chi connectivity index (χ0n) is 10.0. The molecule has 2 N–H and O–H groups in total. The molecule has 1 amide bonds. The Balaban J connectivity index is 2.34. The summed E-state index contributed by atoms with van der Waals surface area (Å²) in [5.74, 6) is -0.0858. The predicted octanol–water partition coefficient (Wildman–Crippen LogP) is 2.33. The lowest BCUT2D eigenvalue weighted by molar-refractivity contribution is 0.0652. The number of carbonyl (C=O) groups is 1. The van der Waals surface area contributed by atoms with Crippen LogP contribution in [0.3, 0.4) is 0 Å². The van der Waals surface area contributed by atoms with Crippen LogP contribution in [0.15, 0.2) is 12.3 Å². The molecule has 1 aromatic heterocycles. The Morgan fingerprint density at radius 3 is 2.88 bits per heavy atom. The molecule has 0 atom stereocenters. The molecule has 2 heterocycles.